The van der Waals surface area contributed by atoms with Gasteiger partial charge in [-0.05, 0) is 5.92 Å². The summed E-state index contributed by atoms with van der Waals surface area (Å²) in [5.41, 5.74) is 0. The molecule has 0 aliphatic heterocycles. The quantitative estimate of drug-likeness (QED) is 0.445. The van der Waals surface area contributed by atoms with Gasteiger partial charge < -0.3 is 9.64 Å². The van der Waals surface area contributed by atoms with Crippen molar-refractivity contribution in [3.8, 4) is 0 Å². The summed E-state index contributed by atoms with van der Waals surface area (Å²) in [4.78, 5) is 23.1. The van der Waals surface area contributed by atoms with Gasteiger partial charge in [-0.3, -0.25) is 4.79 Å². The Labute approximate surface area is 72.5 Å². The van der Waals surface area contributed by atoms with Crippen LogP contribution in [0.2, 0.25) is 0 Å². The summed E-state index contributed by atoms with van der Waals surface area (Å²) in [6, 6.07) is 0. The molecule has 0 saturated carbocycles. The van der Waals surface area contributed by atoms with Crippen molar-refractivity contribution in [2.24, 2.45) is 5.92 Å². The molecule has 0 saturated heterocycles. The molecule has 0 aromatic heterocycles. The first-order chi connectivity index (χ1) is 5.49. The van der Waals surface area contributed by atoms with Crippen LogP contribution in [0.4, 0.5) is 0 Å². The highest BCUT2D eigenvalue weighted by molar-refractivity contribution is 6.32. The zero-order valence-electron chi connectivity index (χ0n) is 7.96. The number of hydrogen-bond acceptors (Lipinski definition) is 3. The molecule has 0 N–H and O–H groups in total. The number of methoxy groups -OCH3 is 1. The normalized spacial score (nSPS) is 9.75. The van der Waals surface area contributed by atoms with Crippen molar-refractivity contribution in [1.29, 1.82) is 0 Å². The highest BCUT2D eigenvalue weighted by atomic mass is 16.5. The molecular weight excluding hydrogens is 158 g/mol. The van der Waals surface area contributed by atoms with Gasteiger partial charge in [0.1, 0.15) is 0 Å². The molecule has 12 heavy (non-hydrogen) atoms. The summed E-state index contributed by atoms with van der Waals surface area (Å²) >= 11 is 0. The summed E-state index contributed by atoms with van der Waals surface area (Å²) in [6.45, 7) is 4.51. The second-order valence-corrected chi connectivity index (χ2v) is 3.07. The smallest absolute Gasteiger partial charge is 0.396 e. The molecular formula is C8H15NO3. The molecule has 0 fully saturated rings. The van der Waals surface area contributed by atoms with E-state index in [0.717, 1.165) is 0 Å². The maximum atomic E-state index is 11.1. The van der Waals surface area contributed by atoms with Crippen molar-refractivity contribution in [1.82, 2.24) is 4.90 Å². The summed E-state index contributed by atoms with van der Waals surface area (Å²) in [5, 5.41) is 0. The zero-order chi connectivity index (χ0) is 9.72. The first kappa shape index (κ1) is 10.9. The van der Waals surface area contributed by atoms with Crippen LogP contribution in [-0.2, 0) is 14.3 Å². The third-order valence-corrected chi connectivity index (χ3v) is 1.35. The van der Waals surface area contributed by atoms with Gasteiger partial charge >= 0.3 is 11.9 Å². The molecule has 0 rings (SSSR count). The number of ether oxygens (including phenoxy) is 1. The van der Waals surface area contributed by atoms with E-state index in [9.17, 15) is 9.59 Å². The second kappa shape index (κ2) is 4.74. The van der Waals surface area contributed by atoms with Crippen LogP contribution in [0, 0.1) is 5.92 Å². The van der Waals surface area contributed by atoms with Gasteiger partial charge in [0.2, 0.25) is 0 Å². The zero-order valence-corrected chi connectivity index (χ0v) is 7.96. The second-order valence-electron chi connectivity index (χ2n) is 3.07. The van der Waals surface area contributed by atoms with Crippen LogP contribution in [0.15, 0.2) is 0 Å². The van der Waals surface area contributed by atoms with Crippen LogP contribution in [-0.4, -0.2) is 37.5 Å². The predicted octanol–water partition coefficient (Wildman–Crippen LogP) is 0.274. The van der Waals surface area contributed by atoms with E-state index in [-0.39, 0.29) is 0 Å². The maximum absolute atomic E-state index is 11.1. The lowest BCUT2D eigenvalue weighted by atomic mass is 10.2. The van der Waals surface area contributed by atoms with E-state index in [4.69, 9.17) is 0 Å². The lowest BCUT2D eigenvalue weighted by Gasteiger charge is -2.17. The third kappa shape index (κ3) is 3.37. The van der Waals surface area contributed by atoms with Crippen molar-refractivity contribution < 1.29 is 14.3 Å². The minimum Gasteiger partial charge on any atom is -0.462 e. The van der Waals surface area contributed by atoms with Crippen LogP contribution in [0.1, 0.15) is 13.8 Å². The van der Waals surface area contributed by atoms with Gasteiger partial charge in [-0.15, -0.1) is 0 Å². The third-order valence-electron chi connectivity index (χ3n) is 1.35. The SMILES string of the molecule is COC(=O)C(=O)N(C)CC(C)C. The number of likely N-dealkylation sites (N-methyl/N-ethyl adjacent to an activating group) is 1. The van der Waals surface area contributed by atoms with Crippen LogP contribution in [0.5, 0.6) is 0 Å². The van der Waals surface area contributed by atoms with Gasteiger partial charge in [-0.1, -0.05) is 13.8 Å². The Bertz CT molecular complexity index is 177. The molecule has 0 aromatic rings. The van der Waals surface area contributed by atoms with E-state index >= 15 is 0 Å². The number of amides is 1. The Morgan fingerprint density at radius 1 is 1.42 bits per heavy atom. The Hall–Kier alpha value is -1.06. The summed E-state index contributed by atoms with van der Waals surface area (Å²) in [7, 11) is 2.78. The molecule has 4 nitrogen and oxygen atoms in total. The number of carbonyl (C=O) groups excluding carboxylic acids is 2. The monoisotopic (exact) mass is 173 g/mol. The lowest BCUT2D eigenvalue weighted by Crippen LogP contribution is -2.36. The molecule has 0 aliphatic rings. The average molecular weight is 173 g/mol. The molecule has 0 aromatic carbocycles. The van der Waals surface area contributed by atoms with Gasteiger partial charge in [-0.25, -0.2) is 4.79 Å². The molecule has 0 unspecified atom stereocenters. The molecule has 0 radical (unpaired) electrons. The maximum Gasteiger partial charge on any atom is 0.396 e. The van der Waals surface area contributed by atoms with Crippen LogP contribution in [0.25, 0.3) is 0 Å². The van der Waals surface area contributed by atoms with E-state index in [1.165, 1.54) is 12.0 Å². The Balaban J connectivity index is 4.01. The average Bonchev–Trinajstić information content (AvgIpc) is 2.00. The standard InChI is InChI=1S/C8H15NO3/c1-6(2)5-9(3)7(10)8(11)12-4/h6H,5H2,1-4H3. The topological polar surface area (TPSA) is 46.6 Å². The first-order valence-electron chi connectivity index (χ1n) is 3.82. The van der Waals surface area contributed by atoms with Gasteiger partial charge in [0.25, 0.3) is 0 Å². The fourth-order valence-corrected chi connectivity index (χ4v) is 0.874. The molecule has 0 atom stereocenters. The van der Waals surface area contributed by atoms with Crippen molar-refractivity contribution in [3.05, 3.63) is 0 Å². The van der Waals surface area contributed by atoms with Crippen LogP contribution in [0.3, 0.4) is 0 Å². The number of carbonyl (C=O) groups is 2. The van der Waals surface area contributed by atoms with E-state index in [0.29, 0.717) is 12.5 Å². The summed E-state index contributed by atoms with van der Waals surface area (Å²) < 4.78 is 4.28. The molecule has 4 heteroatoms. The van der Waals surface area contributed by atoms with E-state index in [1.807, 2.05) is 13.8 Å². The lowest BCUT2D eigenvalue weighted by molar-refractivity contribution is -0.157. The highest BCUT2D eigenvalue weighted by Gasteiger charge is 2.19. The first-order valence-corrected chi connectivity index (χ1v) is 3.82. The van der Waals surface area contributed by atoms with Gasteiger partial charge in [0, 0.05) is 13.6 Å². The number of esters is 1. The van der Waals surface area contributed by atoms with Crippen molar-refractivity contribution in [2.45, 2.75) is 13.8 Å². The fourth-order valence-electron chi connectivity index (χ4n) is 0.874. The minimum absolute atomic E-state index is 0.351. The number of nitrogens with zero attached hydrogens (tertiary/aromatic N) is 1. The van der Waals surface area contributed by atoms with Crippen molar-refractivity contribution in [3.63, 3.8) is 0 Å². The molecule has 0 heterocycles. The van der Waals surface area contributed by atoms with Gasteiger partial charge in [-0.2, -0.15) is 0 Å². The number of rotatable bonds is 2. The Morgan fingerprint density at radius 3 is 2.25 bits per heavy atom. The molecule has 0 aliphatic carbocycles. The van der Waals surface area contributed by atoms with Crippen LogP contribution < -0.4 is 0 Å². The predicted molar refractivity (Wildman–Crippen MR) is 44.5 cm³/mol. The van der Waals surface area contributed by atoms with Crippen molar-refractivity contribution in [2.75, 3.05) is 20.7 Å². The van der Waals surface area contributed by atoms with Crippen molar-refractivity contribution >= 4 is 11.9 Å². The van der Waals surface area contributed by atoms with Crippen LogP contribution >= 0.6 is 0 Å². The minimum atomic E-state index is -0.807. The largest absolute Gasteiger partial charge is 0.462 e. The van der Waals surface area contributed by atoms with Gasteiger partial charge in [0.05, 0.1) is 7.11 Å². The van der Waals surface area contributed by atoms with E-state index < -0.39 is 11.9 Å². The summed E-state index contributed by atoms with van der Waals surface area (Å²) in [6.07, 6.45) is 0. The van der Waals surface area contributed by atoms with E-state index in [1.54, 1.807) is 7.05 Å². The molecule has 0 bridgehead atoms. The van der Waals surface area contributed by atoms with E-state index in [2.05, 4.69) is 4.74 Å². The number of hydrogen-bond donors (Lipinski definition) is 0. The summed E-state index contributed by atoms with van der Waals surface area (Å²) in [5.74, 6) is -1.05. The molecule has 1 amide bonds. The highest BCUT2D eigenvalue weighted by Crippen LogP contribution is 1.96. The molecule has 70 valence electrons. The fraction of sp³-hybridized carbons (Fsp3) is 0.750. The Kier molecular flexibility index (Phi) is 4.33. The van der Waals surface area contributed by atoms with Gasteiger partial charge in [0.15, 0.2) is 0 Å². The molecule has 0 spiro atoms. The Morgan fingerprint density at radius 2 is 1.92 bits per heavy atom.